The van der Waals surface area contributed by atoms with E-state index < -0.39 is 0 Å². The number of hydrogen-bond acceptors (Lipinski definition) is 1. The van der Waals surface area contributed by atoms with Crippen LogP contribution in [0.1, 0.15) is 31.0 Å². The lowest BCUT2D eigenvalue weighted by atomic mass is 9.96. The van der Waals surface area contributed by atoms with Crippen LogP contribution in [-0.4, -0.2) is 0 Å². The zero-order valence-corrected chi connectivity index (χ0v) is 14.4. The fraction of sp³-hybridized carbons (Fsp3) is 0.294. The first-order valence-corrected chi connectivity index (χ1v) is 8.07. The molecule has 1 nitrogen and oxygen atoms in total. The van der Waals surface area contributed by atoms with E-state index >= 15 is 0 Å². The van der Waals surface area contributed by atoms with Crippen molar-refractivity contribution in [2.75, 3.05) is 0 Å². The highest BCUT2D eigenvalue weighted by Gasteiger charge is 2.15. The van der Waals surface area contributed by atoms with Gasteiger partial charge in [0, 0.05) is 17.1 Å². The molecule has 0 heterocycles. The van der Waals surface area contributed by atoms with E-state index in [2.05, 4.69) is 35.1 Å². The molecule has 0 aliphatic rings. The van der Waals surface area contributed by atoms with Crippen LogP contribution in [0.2, 0.25) is 5.02 Å². The Hall–Kier alpha value is -0.900. The highest BCUT2D eigenvalue weighted by molar-refractivity contribution is 9.10. The second-order valence-corrected chi connectivity index (χ2v) is 6.66. The van der Waals surface area contributed by atoms with E-state index in [0.717, 1.165) is 22.1 Å². The number of nitrogens with one attached hydrogen (secondary N) is 1. The van der Waals surface area contributed by atoms with Crippen LogP contribution in [-0.2, 0) is 6.54 Å². The molecule has 0 saturated carbocycles. The molecule has 0 bridgehead atoms. The molecule has 1 N–H and O–H groups in total. The standard InChI is InChI=1S/C17H18BrClFN/c1-11(2)17(13-4-6-14(20)7-5-13)21-10-12-3-8-16(19)15(18)9-12/h3-9,11,17,21H,10H2,1-2H3. The van der Waals surface area contributed by atoms with E-state index in [1.807, 2.05) is 30.3 Å². The van der Waals surface area contributed by atoms with Gasteiger partial charge < -0.3 is 5.32 Å². The minimum absolute atomic E-state index is 0.181. The van der Waals surface area contributed by atoms with Gasteiger partial charge in [-0.15, -0.1) is 0 Å². The Morgan fingerprint density at radius 2 is 1.81 bits per heavy atom. The molecule has 2 aromatic rings. The largest absolute Gasteiger partial charge is 0.306 e. The van der Waals surface area contributed by atoms with Crippen molar-refractivity contribution in [3.05, 3.63) is 68.9 Å². The molecule has 0 saturated heterocycles. The Labute approximate surface area is 138 Å². The quantitative estimate of drug-likeness (QED) is 0.709. The molecule has 0 fully saturated rings. The van der Waals surface area contributed by atoms with Gasteiger partial charge in [-0.05, 0) is 57.2 Å². The Kier molecular flexibility index (Phi) is 5.80. The summed E-state index contributed by atoms with van der Waals surface area (Å²) in [6.45, 7) is 5.04. The maximum atomic E-state index is 13.0. The average Bonchev–Trinajstić information content (AvgIpc) is 2.44. The molecule has 112 valence electrons. The highest BCUT2D eigenvalue weighted by atomic mass is 79.9. The molecule has 1 unspecified atom stereocenters. The molecular formula is C17H18BrClFN. The van der Waals surface area contributed by atoms with Crippen LogP contribution in [0.25, 0.3) is 0 Å². The third-order valence-electron chi connectivity index (χ3n) is 3.41. The predicted octanol–water partition coefficient (Wildman–Crippen LogP) is 5.73. The fourth-order valence-corrected chi connectivity index (χ4v) is 2.83. The summed E-state index contributed by atoms with van der Waals surface area (Å²) in [4.78, 5) is 0. The molecule has 0 aliphatic carbocycles. The predicted molar refractivity (Wildman–Crippen MR) is 90.0 cm³/mol. The summed E-state index contributed by atoms with van der Waals surface area (Å²) in [5.74, 6) is 0.203. The van der Waals surface area contributed by atoms with Crippen LogP contribution in [0.4, 0.5) is 4.39 Å². The maximum absolute atomic E-state index is 13.0. The molecule has 4 heteroatoms. The van der Waals surface area contributed by atoms with Crippen molar-refractivity contribution >= 4 is 27.5 Å². The van der Waals surface area contributed by atoms with Crippen LogP contribution < -0.4 is 5.32 Å². The molecule has 0 aliphatic heterocycles. The van der Waals surface area contributed by atoms with Gasteiger partial charge in [-0.2, -0.15) is 0 Å². The third kappa shape index (κ3) is 4.53. The maximum Gasteiger partial charge on any atom is 0.123 e. The van der Waals surface area contributed by atoms with E-state index in [0.29, 0.717) is 10.9 Å². The van der Waals surface area contributed by atoms with Gasteiger partial charge in [0.15, 0.2) is 0 Å². The summed E-state index contributed by atoms with van der Waals surface area (Å²) >= 11 is 9.44. The molecule has 2 rings (SSSR count). The van der Waals surface area contributed by atoms with Crippen LogP contribution in [0.5, 0.6) is 0 Å². The van der Waals surface area contributed by atoms with Gasteiger partial charge in [-0.1, -0.05) is 43.6 Å². The third-order valence-corrected chi connectivity index (χ3v) is 4.62. The van der Waals surface area contributed by atoms with Crippen LogP contribution in [0.15, 0.2) is 46.9 Å². The first-order valence-electron chi connectivity index (χ1n) is 6.90. The second kappa shape index (κ2) is 7.39. The van der Waals surface area contributed by atoms with Crippen molar-refractivity contribution in [1.82, 2.24) is 5.32 Å². The smallest absolute Gasteiger partial charge is 0.123 e. The fourth-order valence-electron chi connectivity index (χ4n) is 2.29. The lowest BCUT2D eigenvalue weighted by Crippen LogP contribution is -2.25. The van der Waals surface area contributed by atoms with Gasteiger partial charge in [0.1, 0.15) is 5.82 Å². The minimum atomic E-state index is -0.206. The molecule has 0 aromatic heterocycles. The molecule has 0 amide bonds. The van der Waals surface area contributed by atoms with Crippen molar-refractivity contribution in [3.8, 4) is 0 Å². The molecular weight excluding hydrogens is 353 g/mol. The number of halogens is 3. The van der Waals surface area contributed by atoms with E-state index in [-0.39, 0.29) is 11.9 Å². The molecule has 2 aromatic carbocycles. The highest BCUT2D eigenvalue weighted by Crippen LogP contribution is 2.25. The molecule has 1 atom stereocenters. The Morgan fingerprint density at radius 1 is 1.14 bits per heavy atom. The zero-order valence-electron chi connectivity index (χ0n) is 12.0. The Bertz CT molecular complexity index is 598. The van der Waals surface area contributed by atoms with E-state index in [1.54, 1.807) is 0 Å². The van der Waals surface area contributed by atoms with Gasteiger partial charge in [0.2, 0.25) is 0 Å². The van der Waals surface area contributed by atoms with Crippen molar-refractivity contribution in [2.24, 2.45) is 5.92 Å². The van der Waals surface area contributed by atoms with Crippen LogP contribution in [0.3, 0.4) is 0 Å². The lowest BCUT2D eigenvalue weighted by Gasteiger charge is -2.23. The summed E-state index contributed by atoms with van der Waals surface area (Å²) in [6.07, 6.45) is 0. The number of rotatable bonds is 5. The van der Waals surface area contributed by atoms with Gasteiger partial charge in [-0.25, -0.2) is 4.39 Å². The SMILES string of the molecule is CC(C)C(NCc1ccc(Cl)c(Br)c1)c1ccc(F)cc1. The second-order valence-electron chi connectivity index (χ2n) is 5.40. The van der Waals surface area contributed by atoms with E-state index in [4.69, 9.17) is 11.6 Å². The van der Waals surface area contributed by atoms with Gasteiger partial charge in [-0.3, -0.25) is 0 Å². The van der Waals surface area contributed by atoms with Crippen molar-refractivity contribution in [3.63, 3.8) is 0 Å². The monoisotopic (exact) mass is 369 g/mol. The van der Waals surface area contributed by atoms with Crippen molar-refractivity contribution in [1.29, 1.82) is 0 Å². The van der Waals surface area contributed by atoms with Gasteiger partial charge >= 0.3 is 0 Å². The van der Waals surface area contributed by atoms with E-state index in [9.17, 15) is 4.39 Å². The normalized spacial score (nSPS) is 12.7. The van der Waals surface area contributed by atoms with Crippen LogP contribution >= 0.6 is 27.5 Å². The van der Waals surface area contributed by atoms with Gasteiger partial charge in [0.05, 0.1) is 5.02 Å². The van der Waals surface area contributed by atoms with Crippen LogP contribution in [0, 0.1) is 11.7 Å². The topological polar surface area (TPSA) is 12.0 Å². The molecule has 0 spiro atoms. The Balaban J connectivity index is 2.09. The van der Waals surface area contributed by atoms with E-state index in [1.165, 1.54) is 12.1 Å². The summed E-state index contributed by atoms with van der Waals surface area (Å²) in [7, 11) is 0. The molecule has 0 radical (unpaired) electrons. The van der Waals surface area contributed by atoms with Crippen molar-refractivity contribution < 1.29 is 4.39 Å². The minimum Gasteiger partial charge on any atom is -0.306 e. The van der Waals surface area contributed by atoms with Crippen molar-refractivity contribution in [2.45, 2.75) is 26.4 Å². The average molecular weight is 371 g/mol. The molecule has 21 heavy (non-hydrogen) atoms. The first kappa shape index (κ1) is 16.5. The summed E-state index contributed by atoms with van der Waals surface area (Å²) < 4.78 is 13.9. The summed E-state index contributed by atoms with van der Waals surface area (Å²) in [6, 6.07) is 12.8. The lowest BCUT2D eigenvalue weighted by molar-refractivity contribution is 0.410. The summed E-state index contributed by atoms with van der Waals surface area (Å²) in [5, 5.41) is 4.24. The zero-order chi connectivity index (χ0) is 15.4. The van der Waals surface area contributed by atoms with Gasteiger partial charge in [0.25, 0.3) is 0 Å². The number of benzene rings is 2. The summed E-state index contributed by atoms with van der Waals surface area (Å²) in [5.41, 5.74) is 2.25. The first-order chi connectivity index (χ1) is 9.97. The Morgan fingerprint density at radius 3 is 2.38 bits per heavy atom. The number of hydrogen-bond donors (Lipinski definition) is 1.